The molecule has 0 saturated heterocycles. The molecule has 0 aliphatic carbocycles. The van der Waals surface area contributed by atoms with Gasteiger partial charge in [0.2, 0.25) is 0 Å². The average Bonchev–Trinajstić information content (AvgIpc) is 3.07. The van der Waals surface area contributed by atoms with Crippen LogP contribution < -0.4 is 0 Å². The number of carbonyl (C=O) groups excluding carboxylic acids is 1. The van der Waals surface area contributed by atoms with E-state index in [0.29, 0.717) is 28.6 Å². The van der Waals surface area contributed by atoms with Crippen molar-refractivity contribution >= 4 is 58.1 Å². The fraction of sp³-hybridized carbons (Fsp3) is 0.200. The van der Waals surface area contributed by atoms with Gasteiger partial charge in [-0.05, 0) is 42.3 Å². The van der Waals surface area contributed by atoms with E-state index >= 15 is 0 Å². The second kappa shape index (κ2) is 9.05. The van der Waals surface area contributed by atoms with Crippen molar-refractivity contribution in [2.45, 2.75) is 12.5 Å². The van der Waals surface area contributed by atoms with Crippen LogP contribution in [-0.4, -0.2) is 45.6 Å². The third-order valence-corrected chi connectivity index (χ3v) is 5.88. The van der Waals surface area contributed by atoms with Crippen molar-refractivity contribution in [2.75, 3.05) is 13.2 Å². The number of halogens is 3. The highest BCUT2D eigenvalue weighted by atomic mass is 35.5. The van der Waals surface area contributed by atoms with Gasteiger partial charge in [-0.3, -0.25) is 9.59 Å². The van der Waals surface area contributed by atoms with Crippen LogP contribution in [0.25, 0.3) is 10.9 Å². The molecule has 6 nitrogen and oxygen atoms in total. The fourth-order valence-electron chi connectivity index (χ4n) is 3.60. The van der Waals surface area contributed by atoms with Crippen LogP contribution in [0.4, 0.5) is 0 Å². The first-order chi connectivity index (χ1) is 13.9. The Morgan fingerprint density at radius 1 is 1.24 bits per heavy atom. The first-order valence-electron chi connectivity index (χ1n) is 8.66. The van der Waals surface area contributed by atoms with Gasteiger partial charge in [-0.2, -0.15) is 0 Å². The molecule has 0 fully saturated rings. The quantitative estimate of drug-likeness (QED) is 0.494. The third-order valence-electron chi connectivity index (χ3n) is 4.83. The Morgan fingerprint density at radius 2 is 1.97 bits per heavy atom. The third kappa shape index (κ3) is 4.07. The standard InChI is InChI=1S/C19H15Cl3N2O2.CH2O2/c20-10-4-5-15-13(8-10)11-6-7-24(16(9-25)18(11)23-15)19(26)12-2-1-3-14(21)17(12)22;2-1-3/h1-5,8,16,23,25H,6-7,9H2;1H,(H,2,3). The van der Waals surface area contributed by atoms with Crippen LogP contribution in [0, 0.1) is 0 Å². The largest absolute Gasteiger partial charge is 0.483 e. The highest BCUT2D eigenvalue weighted by Crippen LogP contribution is 2.37. The van der Waals surface area contributed by atoms with Gasteiger partial charge in [-0.25, -0.2) is 0 Å². The molecule has 1 unspecified atom stereocenters. The number of aliphatic hydroxyl groups is 1. The van der Waals surface area contributed by atoms with Crippen molar-refractivity contribution < 1.29 is 19.8 Å². The zero-order valence-corrected chi connectivity index (χ0v) is 17.3. The van der Waals surface area contributed by atoms with Crippen LogP contribution in [0.2, 0.25) is 15.1 Å². The maximum atomic E-state index is 13.1. The summed E-state index contributed by atoms with van der Waals surface area (Å²) in [5.74, 6) is -0.251. The van der Waals surface area contributed by atoms with Crippen LogP contribution in [0.3, 0.4) is 0 Å². The van der Waals surface area contributed by atoms with Crippen LogP contribution in [0.1, 0.15) is 27.7 Å². The van der Waals surface area contributed by atoms with Gasteiger partial charge in [0.1, 0.15) is 0 Å². The first kappa shape index (κ1) is 21.5. The second-order valence-corrected chi connectivity index (χ2v) is 7.58. The minimum absolute atomic E-state index is 0.197. The van der Waals surface area contributed by atoms with Crippen LogP contribution in [0.5, 0.6) is 0 Å². The van der Waals surface area contributed by atoms with E-state index in [1.54, 1.807) is 23.1 Å². The Morgan fingerprint density at radius 3 is 2.66 bits per heavy atom. The molecule has 3 aromatic rings. The first-order valence-corrected chi connectivity index (χ1v) is 9.80. The number of carboxylic acid groups (broad SMARTS) is 1. The summed E-state index contributed by atoms with van der Waals surface area (Å²) in [5.41, 5.74) is 3.19. The Balaban J connectivity index is 0.000000755. The van der Waals surface area contributed by atoms with Crippen LogP contribution in [0.15, 0.2) is 36.4 Å². The smallest absolute Gasteiger partial charge is 0.290 e. The van der Waals surface area contributed by atoms with E-state index in [-0.39, 0.29) is 24.0 Å². The van der Waals surface area contributed by atoms with Crippen molar-refractivity contribution in [3.63, 3.8) is 0 Å². The van der Waals surface area contributed by atoms with Crippen molar-refractivity contribution in [1.82, 2.24) is 9.88 Å². The molecule has 0 bridgehead atoms. The van der Waals surface area contributed by atoms with E-state index in [1.165, 1.54) is 0 Å². The Kier molecular flexibility index (Phi) is 6.70. The monoisotopic (exact) mass is 454 g/mol. The van der Waals surface area contributed by atoms with Gasteiger partial charge in [0, 0.05) is 28.2 Å². The molecule has 1 aromatic heterocycles. The maximum absolute atomic E-state index is 13.1. The van der Waals surface area contributed by atoms with Gasteiger partial charge in [0.25, 0.3) is 12.4 Å². The van der Waals surface area contributed by atoms with Crippen LogP contribution >= 0.6 is 34.8 Å². The molecular weight excluding hydrogens is 439 g/mol. The maximum Gasteiger partial charge on any atom is 0.290 e. The molecule has 1 aliphatic rings. The molecule has 29 heavy (non-hydrogen) atoms. The van der Waals surface area contributed by atoms with E-state index in [4.69, 9.17) is 44.7 Å². The number of benzene rings is 2. The predicted octanol–water partition coefficient (Wildman–Crippen LogP) is 4.56. The molecule has 0 spiro atoms. The number of hydrogen-bond donors (Lipinski definition) is 3. The summed E-state index contributed by atoms with van der Waals surface area (Å²) < 4.78 is 0. The summed E-state index contributed by atoms with van der Waals surface area (Å²) >= 11 is 18.4. The summed E-state index contributed by atoms with van der Waals surface area (Å²) in [6.07, 6.45) is 0.663. The summed E-state index contributed by atoms with van der Waals surface area (Å²) in [4.78, 5) is 26.4. The minimum Gasteiger partial charge on any atom is -0.483 e. The zero-order chi connectivity index (χ0) is 21.1. The molecule has 2 aromatic carbocycles. The van der Waals surface area contributed by atoms with E-state index in [9.17, 15) is 9.90 Å². The molecule has 1 atom stereocenters. The highest BCUT2D eigenvalue weighted by Gasteiger charge is 2.34. The second-order valence-electron chi connectivity index (χ2n) is 6.36. The molecule has 1 amide bonds. The molecule has 2 heterocycles. The van der Waals surface area contributed by atoms with Crippen molar-refractivity contribution in [3.8, 4) is 0 Å². The molecule has 1 aliphatic heterocycles. The van der Waals surface area contributed by atoms with Crippen molar-refractivity contribution in [3.05, 3.63) is 68.3 Å². The van der Waals surface area contributed by atoms with Gasteiger partial charge in [0.05, 0.1) is 28.3 Å². The fourth-order valence-corrected chi connectivity index (χ4v) is 4.15. The average molecular weight is 456 g/mol. The SMILES string of the molecule is O=C(c1cccc(Cl)c1Cl)N1CCc2c([nH]c3ccc(Cl)cc23)C1CO.O=CO. The topological polar surface area (TPSA) is 93.6 Å². The van der Waals surface area contributed by atoms with Crippen molar-refractivity contribution in [1.29, 1.82) is 0 Å². The lowest BCUT2D eigenvalue weighted by Gasteiger charge is -2.35. The van der Waals surface area contributed by atoms with E-state index < -0.39 is 6.04 Å². The molecular formula is C20H17Cl3N2O4. The molecule has 9 heteroatoms. The predicted molar refractivity (Wildman–Crippen MR) is 113 cm³/mol. The molecule has 0 saturated carbocycles. The number of fused-ring (bicyclic) bond motifs is 3. The number of rotatable bonds is 2. The number of nitrogens with one attached hydrogen (secondary N) is 1. The summed E-state index contributed by atoms with van der Waals surface area (Å²) in [6, 6.07) is 10.1. The molecule has 0 radical (unpaired) electrons. The Hall–Kier alpha value is -2.25. The van der Waals surface area contributed by atoms with Gasteiger partial charge >= 0.3 is 0 Å². The van der Waals surface area contributed by atoms with E-state index in [0.717, 1.165) is 22.2 Å². The highest BCUT2D eigenvalue weighted by molar-refractivity contribution is 6.43. The zero-order valence-electron chi connectivity index (χ0n) is 15.0. The summed E-state index contributed by atoms with van der Waals surface area (Å²) in [7, 11) is 0. The molecule has 3 N–H and O–H groups in total. The number of amides is 1. The van der Waals surface area contributed by atoms with E-state index in [1.807, 2.05) is 18.2 Å². The van der Waals surface area contributed by atoms with Crippen molar-refractivity contribution in [2.24, 2.45) is 0 Å². The number of aromatic amines is 1. The number of carbonyl (C=O) groups is 2. The molecule has 152 valence electrons. The number of H-pyrrole nitrogens is 1. The normalized spacial score (nSPS) is 15.4. The summed E-state index contributed by atoms with van der Waals surface area (Å²) in [5, 5.41) is 19.1. The van der Waals surface area contributed by atoms with Gasteiger partial charge in [0.15, 0.2) is 0 Å². The number of nitrogens with zero attached hydrogens (tertiary/aromatic N) is 1. The molecule has 4 rings (SSSR count). The lowest BCUT2D eigenvalue weighted by atomic mass is 9.97. The Bertz CT molecular complexity index is 1070. The number of aromatic nitrogens is 1. The van der Waals surface area contributed by atoms with Crippen LogP contribution in [-0.2, 0) is 11.2 Å². The lowest BCUT2D eigenvalue weighted by molar-refractivity contribution is -0.122. The number of hydrogen-bond acceptors (Lipinski definition) is 3. The lowest BCUT2D eigenvalue weighted by Crippen LogP contribution is -2.41. The van der Waals surface area contributed by atoms with Gasteiger partial charge < -0.3 is 20.1 Å². The Labute approximate surface area is 181 Å². The number of aliphatic hydroxyl groups excluding tert-OH is 1. The summed E-state index contributed by atoms with van der Waals surface area (Å²) in [6.45, 7) is 0.0247. The van der Waals surface area contributed by atoms with Gasteiger partial charge in [-0.1, -0.05) is 40.9 Å². The minimum atomic E-state index is -0.479. The van der Waals surface area contributed by atoms with E-state index in [2.05, 4.69) is 4.98 Å². The van der Waals surface area contributed by atoms with Gasteiger partial charge in [-0.15, -0.1) is 0 Å².